The molecule has 0 saturated carbocycles. The largest absolute Gasteiger partial charge is 1.00 e. The molecule has 0 radical (unpaired) electrons. The van der Waals surface area contributed by atoms with Crippen LogP contribution in [0.2, 0.25) is 0 Å². The second-order valence-electron chi connectivity index (χ2n) is 1.95. The van der Waals surface area contributed by atoms with Gasteiger partial charge in [0.2, 0.25) is 0 Å². The fourth-order valence-electron chi connectivity index (χ4n) is 0.235. The summed E-state index contributed by atoms with van der Waals surface area (Å²) in [4.78, 5) is 0. The second-order valence-corrected chi connectivity index (χ2v) is 3.58. The maximum Gasteiger partial charge on any atom is 1.00 e. The minimum Gasteiger partial charge on any atom is -0.860 e. The Bertz CT molecular complexity index is 85.0. The van der Waals surface area contributed by atoms with Gasteiger partial charge in [-0.05, 0) is 16.1 Å². The maximum atomic E-state index is 10.1. The molecule has 0 saturated heterocycles. The molecule has 0 aromatic rings. The van der Waals surface area contributed by atoms with Crippen molar-refractivity contribution in [1.82, 2.24) is 0 Å². The summed E-state index contributed by atoms with van der Waals surface area (Å²) < 4.78 is -0.196. The van der Waals surface area contributed by atoms with E-state index >= 15 is 0 Å². The van der Waals surface area contributed by atoms with Crippen molar-refractivity contribution in [2.75, 3.05) is 5.75 Å². The van der Waals surface area contributed by atoms with Gasteiger partial charge in [0, 0.05) is 0 Å². The van der Waals surface area contributed by atoms with Crippen LogP contribution in [0.1, 0.15) is 13.8 Å². The van der Waals surface area contributed by atoms with Crippen molar-refractivity contribution in [2.45, 2.75) is 13.8 Å². The van der Waals surface area contributed by atoms with Gasteiger partial charge in [-0.3, -0.25) is 0 Å². The van der Waals surface area contributed by atoms with E-state index in [-0.39, 0.29) is 55.8 Å². The first-order valence-electron chi connectivity index (χ1n) is 2.46. The quantitative estimate of drug-likeness (QED) is 0.371. The SMILES string of the molecule is CC(C)CSC([O-])=S.[K+]. The summed E-state index contributed by atoms with van der Waals surface area (Å²) in [6.07, 6.45) is 0. The molecule has 0 heterocycles. The third-order valence-electron chi connectivity index (χ3n) is 0.535. The van der Waals surface area contributed by atoms with Gasteiger partial charge in [0.15, 0.2) is 0 Å². The van der Waals surface area contributed by atoms with Crippen LogP contribution >= 0.6 is 24.0 Å². The Labute approximate surface area is 108 Å². The predicted octanol–water partition coefficient (Wildman–Crippen LogP) is -1.98. The van der Waals surface area contributed by atoms with Crippen LogP contribution in [-0.4, -0.2) is 10.1 Å². The number of hydrogen-bond acceptors (Lipinski definition) is 3. The van der Waals surface area contributed by atoms with E-state index in [2.05, 4.69) is 26.1 Å². The van der Waals surface area contributed by atoms with Crippen molar-refractivity contribution < 1.29 is 56.5 Å². The molecule has 0 aromatic heterocycles. The molecule has 0 rings (SSSR count). The van der Waals surface area contributed by atoms with Crippen LogP contribution in [0.25, 0.3) is 0 Å². The van der Waals surface area contributed by atoms with Crippen LogP contribution in [0.5, 0.6) is 0 Å². The second kappa shape index (κ2) is 7.98. The fraction of sp³-hybridized carbons (Fsp3) is 0.800. The molecule has 0 spiro atoms. The van der Waals surface area contributed by atoms with Crippen molar-refractivity contribution in [2.24, 2.45) is 5.92 Å². The molecule has 48 valence electrons. The van der Waals surface area contributed by atoms with Crippen LogP contribution in [0.15, 0.2) is 0 Å². The molecular formula is C5H9KOS2. The molecule has 1 nitrogen and oxygen atoms in total. The predicted molar refractivity (Wildman–Crippen MR) is 39.9 cm³/mol. The first-order chi connectivity index (χ1) is 3.63. The summed E-state index contributed by atoms with van der Waals surface area (Å²) in [5, 5.41) is 10.1. The third-order valence-corrected chi connectivity index (χ3v) is 1.96. The van der Waals surface area contributed by atoms with E-state index in [1.54, 1.807) is 0 Å². The molecule has 0 fully saturated rings. The maximum absolute atomic E-state index is 10.1. The molecule has 4 heteroatoms. The number of thiocarbonyl (C=S) groups is 1. The Kier molecular flexibility index (Phi) is 11.9. The number of thioether (sulfide) groups is 1. The van der Waals surface area contributed by atoms with Crippen LogP contribution in [0.3, 0.4) is 0 Å². The van der Waals surface area contributed by atoms with Crippen LogP contribution < -0.4 is 56.5 Å². The van der Waals surface area contributed by atoms with Crippen LogP contribution in [0, 0.1) is 5.92 Å². The Hall–Kier alpha value is 1.88. The van der Waals surface area contributed by atoms with Crippen molar-refractivity contribution in [1.29, 1.82) is 0 Å². The first-order valence-corrected chi connectivity index (χ1v) is 3.86. The van der Waals surface area contributed by atoms with Crippen molar-refractivity contribution in [3.8, 4) is 0 Å². The average molecular weight is 188 g/mol. The zero-order chi connectivity index (χ0) is 6.57. The normalized spacial score (nSPS) is 8.78. The summed E-state index contributed by atoms with van der Waals surface area (Å²) in [6, 6.07) is 0. The first kappa shape index (κ1) is 13.5. The van der Waals surface area contributed by atoms with Crippen LogP contribution in [-0.2, 0) is 0 Å². The van der Waals surface area contributed by atoms with Crippen molar-refractivity contribution >= 4 is 28.4 Å². The van der Waals surface area contributed by atoms with Gasteiger partial charge in [0.1, 0.15) is 0 Å². The fourth-order valence-corrected chi connectivity index (χ4v) is 0.908. The van der Waals surface area contributed by atoms with E-state index in [4.69, 9.17) is 0 Å². The van der Waals surface area contributed by atoms with E-state index in [0.29, 0.717) is 5.92 Å². The summed E-state index contributed by atoms with van der Waals surface area (Å²) in [7, 11) is 0. The number of hydrogen-bond donors (Lipinski definition) is 0. The molecule has 0 aromatic carbocycles. The summed E-state index contributed by atoms with van der Waals surface area (Å²) in [5.74, 6) is 1.41. The minimum atomic E-state index is -0.196. The summed E-state index contributed by atoms with van der Waals surface area (Å²) in [5.41, 5.74) is 0. The Morgan fingerprint density at radius 2 is 2.11 bits per heavy atom. The molecule has 0 aliphatic carbocycles. The molecule has 0 amide bonds. The van der Waals surface area contributed by atoms with E-state index in [1.807, 2.05) is 0 Å². The standard InChI is InChI=1S/C5H10OS2.K/c1-4(2)3-8-5(6)7;/h4H,3H2,1-2H3,(H,6,7);/q;+1/p-1. The molecule has 0 bridgehead atoms. The van der Waals surface area contributed by atoms with Gasteiger partial charge >= 0.3 is 51.4 Å². The zero-order valence-electron chi connectivity index (χ0n) is 6.01. The van der Waals surface area contributed by atoms with Gasteiger partial charge in [0.25, 0.3) is 0 Å². The monoisotopic (exact) mass is 188 g/mol. The molecule has 0 N–H and O–H groups in total. The van der Waals surface area contributed by atoms with Gasteiger partial charge in [0.05, 0.1) is 0 Å². The van der Waals surface area contributed by atoms with Gasteiger partial charge in [-0.25, -0.2) is 0 Å². The van der Waals surface area contributed by atoms with E-state index in [9.17, 15) is 5.11 Å². The van der Waals surface area contributed by atoms with Gasteiger partial charge in [-0.15, -0.1) is 11.8 Å². The van der Waals surface area contributed by atoms with Crippen LogP contribution in [0.4, 0.5) is 0 Å². The Balaban J connectivity index is 0. The zero-order valence-corrected chi connectivity index (χ0v) is 10.8. The van der Waals surface area contributed by atoms with Gasteiger partial charge in [-0.1, -0.05) is 26.1 Å². The van der Waals surface area contributed by atoms with Gasteiger partial charge < -0.3 is 5.11 Å². The molecule has 0 atom stereocenters. The smallest absolute Gasteiger partial charge is 0.860 e. The minimum absolute atomic E-state index is 0. The molecule has 0 aliphatic rings. The van der Waals surface area contributed by atoms with E-state index < -0.39 is 0 Å². The third kappa shape index (κ3) is 13.0. The summed E-state index contributed by atoms with van der Waals surface area (Å²) >= 11 is 5.54. The topological polar surface area (TPSA) is 23.1 Å². The van der Waals surface area contributed by atoms with Crippen molar-refractivity contribution in [3.63, 3.8) is 0 Å². The Morgan fingerprint density at radius 3 is 2.22 bits per heavy atom. The average Bonchev–Trinajstić information content (AvgIpc) is 1.61. The molecule has 0 unspecified atom stereocenters. The molecule has 9 heavy (non-hydrogen) atoms. The molecule has 0 aliphatic heterocycles. The van der Waals surface area contributed by atoms with E-state index in [1.165, 1.54) is 11.8 Å². The Morgan fingerprint density at radius 1 is 1.67 bits per heavy atom. The van der Waals surface area contributed by atoms with Gasteiger partial charge in [-0.2, -0.15) is 0 Å². The molecular weight excluding hydrogens is 179 g/mol. The van der Waals surface area contributed by atoms with Crippen molar-refractivity contribution in [3.05, 3.63) is 0 Å². The number of rotatable bonds is 2. The van der Waals surface area contributed by atoms with E-state index in [0.717, 1.165) is 5.75 Å². The summed E-state index contributed by atoms with van der Waals surface area (Å²) in [6.45, 7) is 4.12.